The van der Waals surface area contributed by atoms with Crippen LogP contribution in [0.4, 0.5) is 8.78 Å². The fraction of sp³-hybridized carbons (Fsp3) is 0.200. The standard InChI is InChI=1S/C15H15BrF2N2/c1-9-11(5-3-6-12(9)16)14(20-19)8-10-4-2-7-13(17)15(10)18/h2-7,14,20H,8,19H2,1H3. The molecule has 0 bridgehead atoms. The summed E-state index contributed by atoms with van der Waals surface area (Å²) in [6.45, 7) is 1.95. The zero-order valence-corrected chi connectivity index (χ0v) is 12.5. The van der Waals surface area contributed by atoms with Crippen LogP contribution in [0.25, 0.3) is 0 Å². The van der Waals surface area contributed by atoms with Crippen LogP contribution < -0.4 is 11.3 Å². The first-order valence-electron chi connectivity index (χ1n) is 6.18. The van der Waals surface area contributed by atoms with Crippen molar-refractivity contribution < 1.29 is 8.78 Å². The molecule has 0 spiro atoms. The Labute approximate surface area is 125 Å². The predicted molar refractivity (Wildman–Crippen MR) is 79.0 cm³/mol. The van der Waals surface area contributed by atoms with E-state index in [1.54, 1.807) is 6.07 Å². The summed E-state index contributed by atoms with van der Waals surface area (Å²) in [5.74, 6) is 3.92. The molecule has 2 aromatic rings. The zero-order chi connectivity index (χ0) is 14.7. The molecule has 0 saturated carbocycles. The molecule has 0 fully saturated rings. The van der Waals surface area contributed by atoms with E-state index in [1.165, 1.54) is 6.07 Å². The molecule has 1 atom stereocenters. The Morgan fingerprint density at radius 3 is 2.60 bits per heavy atom. The number of nitrogens with two attached hydrogens (primary N) is 1. The molecule has 0 amide bonds. The van der Waals surface area contributed by atoms with E-state index in [0.717, 1.165) is 21.7 Å². The molecular weight excluding hydrogens is 326 g/mol. The highest BCUT2D eigenvalue weighted by Gasteiger charge is 2.17. The Kier molecular flexibility index (Phi) is 4.86. The first-order chi connectivity index (χ1) is 9.54. The molecule has 0 aliphatic carbocycles. The minimum absolute atomic E-state index is 0.275. The van der Waals surface area contributed by atoms with Crippen LogP contribution in [0.3, 0.4) is 0 Å². The van der Waals surface area contributed by atoms with Crippen molar-refractivity contribution in [3.8, 4) is 0 Å². The van der Waals surface area contributed by atoms with Gasteiger partial charge in [0.05, 0.1) is 6.04 Å². The number of halogens is 3. The molecular formula is C15H15BrF2N2. The van der Waals surface area contributed by atoms with Gasteiger partial charge in [-0.05, 0) is 42.2 Å². The number of rotatable bonds is 4. The van der Waals surface area contributed by atoms with Crippen molar-refractivity contribution in [3.63, 3.8) is 0 Å². The fourth-order valence-corrected chi connectivity index (χ4v) is 2.57. The van der Waals surface area contributed by atoms with Gasteiger partial charge in [0.1, 0.15) is 0 Å². The van der Waals surface area contributed by atoms with Crippen LogP contribution in [0.2, 0.25) is 0 Å². The lowest BCUT2D eigenvalue weighted by atomic mass is 9.95. The topological polar surface area (TPSA) is 38.0 Å². The van der Waals surface area contributed by atoms with Crippen LogP contribution >= 0.6 is 15.9 Å². The van der Waals surface area contributed by atoms with E-state index >= 15 is 0 Å². The van der Waals surface area contributed by atoms with Gasteiger partial charge in [-0.3, -0.25) is 11.3 Å². The van der Waals surface area contributed by atoms with Gasteiger partial charge in [0.25, 0.3) is 0 Å². The summed E-state index contributed by atoms with van der Waals surface area (Å²) in [6.07, 6.45) is 0.275. The minimum atomic E-state index is -0.843. The molecule has 0 aliphatic heterocycles. The smallest absolute Gasteiger partial charge is 0.162 e. The molecule has 0 heterocycles. The van der Waals surface area contributed by atoms with Crippen LogP contribution in [0, 0.1) is 18.6 Å². The molecule has 0 aromatic heterocycles. The summed E-state index contributed by atoms with van der Waals surface area (Å²) >= 11 is 3.45. The van der Waals surface area contributed by atoms with Gasteiger partial charge in [-0.15, -0.1) is 0 Å². The third-order valence-electron chi connectivity index (χ3n) is 3.34. The highest BCUT2D eigenvalue weighted by Crippen LogP contribution is 2.27. The lowest BCUT2D eigenvalue weighted by Crippen LogP contribution is -2.30. The number of hydrazine groups is 1. The van der Waals surface area contributed by atoms with Crippen LogP contribution in [-0.4, -0.2) is 0 Å². The molecule has 1 unspecified atom stereocenters. The first-order valence-corrected chi connectivity index (χ1v) is 6.98. The molecule has 0 aliphatic rings. The van der Waals surface area contributed by atoms with Crippen LogP contribution in [0.15, 0.2) is 40.9 Å². The van der Waals surface area contributed by atoms with Gasteiger partial charge >= 0.3 is 0 Å². The zero-order valence-electron chi connectivity index (χ0n) is 11.0. The van der Waals surface area contributed by atoms with Crippen molar-refractivity contribution in [2.75, 3.05) is 0 Å². The van der Waals surface area contributed by atoms with E-state index in [4.69, 9.17) is 5.84 Å². The fourth-order valence-electron chi connectivity index (χ4n) is 2.19. The maximum Gasteiger partial charge on any atom is 0.162 e. The third kappa shape index (κ3) is 3.06. The summed E-state index contributed by atoms with van der Waals surface area (Å²) in [5.41, 5.74) is 4.94. The van der Waals surface area contributed by atoms with Crippen LogP contribution in [0.5, 0.6) is 0 Å². The molecule has 2 aromatic carbocycles. The highest BCUT2D eigenvalue weighted by atomic mass is 79.9. The molecule has 106 valence electrons. The van der Waals surface area contributed by atoms with E-state index in [9.17, 15) is 8.78 Å². The quantitative estimate of drug-likeness (QED) is 0.656. The van der Waals surface area contributed by atoms with E-state index in [2.05, 4.69) is 21.4 Å². The average molecular weight is 341 g/mol. The second kappa shape index (κ2) is 6.43. The molecule has 20 heavy (non-hydrogen) atoms. The van der Waals surface area contributed by atoms with Crippen molar-refractivity contribution in [3.05, 3.63) is 69.2 Å². The number of hydrogen-bond donors (Lipinski definition) is 2. The lowest BCUT2D eigenvalue weighted by Gasteiger charge is -2.19. The SMILES string of the molecule is Cc1c(Br)cccc1C(Cc1cccc(F)c1F)NN. The van der Waals surface area contributed by atoms with E-state index in [-0.39, 0.29) is 12.5 Å². The van der Waals surface area contributed by atoms with Gasteiger partial charge in [0, 0.05) is 4.47 Å². The van der Waals surface area contributed by atoms with Gasteiger partial charge in [-0.2, -0.15) is 0 Å². The van der Waals surface area contributed by atoms with Crippen molar-refractivity contribution in [2.24, 2.45) is 5.84 Å². The summed E-state index contributed by atoms with van der Waals surface area (Å²) in [5, 5.41) is 0. The lowest BCUT2D eigenvalue weighted by molar-refractivity contribution is 0.480. The monoisotopic (exact) mass is 340 g/mol. The van der Waals surface area contributed by atoms with Crippen molar-refractivity contribution in [1.82, 2.24) is 5.43 Å². The van der Waals surface area contributed by atoms with Gasteiger partial charge in [-0.25, -0.2) is 8.78 Å². The molecule has 2 nitrogen and oxygen atoms in total. The second-order valence-corrected chi connectivity index (χ2v) is 5.44. The number of nitrogens with one attached hydrogen (secondary N) is 1. The Hall–Kier alpha value is -1.30. The summed E-state index contributed by atoms with van der Waals surface area (Å²) < 4.78 is 27.9. The minimum Gasteiger partial charge on any atom is -0.271 e. The molecule has 0 saturated heterocycles. The summed E-state index contributed by atoms with van der Waals surface area (Å²) in [7, 11) is 0. The normalized spacial score (nSPS) is 12.4. The van der Waals surface area contributed by atoms with Crippen molar-refractivity contribution in [1.29, 1.82) is 0 Å². The molecule has 0 radical (unpaired) electrons. The maximum absolute atomic E-state index is 13.7. The van der Waals surface area contributed by atoms with Gasteiger partial charge in [0.2, 0.25) is 0 Å². The maximum atomic E-state index is 13.7. The first kappa shape index (κ1) is 15.1. The Morgan fingerprint density at radius 1 is 1.20 bits per heavy atom. The highest BCUT2D eigenvalue weighted by molar-refractivity contribution is 9.10. The number of hydrogen-bond acceptors (Lipinski definition) is 2. The van der Waals surface area contributed by atoms with E-state index < -0.39 is 11.6 Å². The van der Waals surface area contributed by atoms with Crippen LogP contribution in [-0.2, 0) is 6.42 Å². The van der Waals surface area contributed by atoms with Crippen molar-refractivity contribution >= 4 is 15.9 Å². The molecule has 2 rings (SSSR count). The molecule has 5 heteroatoms. The van der Waals surface area contributed by atoms with Crippen molar-refractivity contribution in [2.45, 2.75) is 19.4 Å². The van der Waals surface area contributed by atoms with Gasteiger partial charge < -0.3 is 0 Å². The molecule has 3 N–H and O–H groups in total. The van der Waals surface area contributed by atoms with Gasteiger partial charge in [-0.1, -0.05) is 40.2 Å². The average Bonchev–Trinajstić information content (AvgIpc) is 2.44. The van der Waals surface area contributed by atoms with Gasteiger partial charge in [0.15, 0.2) is 11.6 Å². The number of benzene rings is 2. The Morgan fingerprint density at radius 2 is 1.90 bits per heavy atom. The van der Waals surface area contributed by atoms with Crippen LogP contribution in [0.1, 0.15) is 22.7 Å². The Bertz CT molecular complexity index is 617. The summed E-state index contributed by atoms with van der Waals surface area (Å²) in [4.78, 5) is 0. The summed E-state index contributed by atoms with van der Waals surface area (Å²) in [6, 6.07) is 9.61. The van der Waals surface area contributed by atoms with E-state index in [1.807, 2.05) is 25.1 Å². The second-order valence-electron chi connectivity index (χ2n) is 4.59. The Balaban J connectivity index is 2.34. The predicted octanol–water partition coefficient (Wildman–Crippen LogP) is 3.78. The third-order valence-corrected chi connectivity index (χ3v) is 4.20. The largest absolute Gasteiger partial charge is 0.271 e. The van der Waals surface area contributed by atoms with E-state index in [0.29, 0.717) is 5.56 Å².